The summed E-state index contributed by atoms with van der Waals surface area (Å²) >= 11 is 5.46. The molecule has 0 aliphatic rings. The van der Waals surface area contributed by atoms with Crippen molar-refractivity contribution in [2.75, 3.05) is 0 Å². The van der Waals surface area contributed by atoms with E-state index in [2.05, 4.69) is 0 Å². The van der Waals surface area contributed by atoms with Gasteiger partial charge < -0.3 is 0 Å². The molecule has 0 N–H and O–H groups in total. The minimum Gasteiger partial charge on any atom is -0.284 e. The van der Waals surface area contributed by atoms with Crippen molar-refractivity contribution in [3.05, 3.63) is 34.1 Å². The molecule has 0 heterocycles. The van der Waals surface area contributed by atoms with Gasteiger partial charge >= 0.3 is 6.18 Å². The van der Waals surface area contributed by atoms with Crippen molar-refractivity contribution in [2.24, 2.45) is 0 Å². The third-order valence-corrected chi connectivity index (χ3v) is 2.49. The van der Waals surface area contributed by atoms with Gasteiger partial charge in [0.05, 0.1) is 10.6 Å². The largest absolute Gasteiger partial charge is 0.454 e. The van der Waals surface area contributed by atoms with Crippen LogP contribution in [0.5, 0.6) is 0 Å². The molecule has 1 aromatic rings. The van der Waals surface area contributed by atoms with E-state index in [1.165, 1.54) is 6.07 Å². The number of hydrogen-bond acceptors (Lipinski definition) is 1. The number of carbonyl (C=O) groups is 1. The lowest BCUT2D eigenvalue weighted by Gasteiger charge is -2.11. The summed E-state index contributed by atoms with van der Waals surface area (Å²) in [4.78, 5) is 11.0. The lowest BCUT2D eigenvalue weighted by atomic mass is 9.98. The van der Waals surface area contributed by atoms with Crippen molar-refractivity contribution in [3.63, 3.8) is 0 Å². The normalized spacial score (nSPS) is 12.0. The average Bonchev–Trinajstić information content (AvgIpc) is 2.19. The van der Waals surface area contributed by atoms with E-state index in [4.69, 9.17) is 11.6 Å². The fourth-order valence-corrected chi connectivity index (χ4v) is 1.49. The first-order chi connectivity index (χ1) is 7.64. The van der Waals surface area contributed by atoms with E-state index in [1.807, 2.05) is 0 Å². The third kappa shape index (κ3) is 2.97. The molecule has 1 rings (SSSR count). The van der Waals surface area contributed by atoms with E-state index in [0.717, 1.165) is 6.07 Å². The van der Waals surface area contributed by atoms with E-state index >= 15 is 0 Å². The highest BCUT2D eigenvalue weighted by Crippen LogP contribution is 2.29. The van der Waals surface area contributed by atoms with Gasteiger partial charge in [-0.3, -0.25) is 4.79 Å². The van der Waals surface area contributed by atoms with Crippen molar-refractivity contribution in [1.29, 1.82) is 0 Å². The molecule has 0 fully saturated rings. The molecule has 0 radical (unpaired) electrons. The Labute approximate surface area is 100 Å². The number of alkyl halides is 3. The van der Waals surface area contributed by atoms with Gasteiger partial charge in [-0.2, -0.15) is 13.2 Å². The van der Waals surface area contributed by atoms with Gasteiger partial charge in [0.15, 0.2) is 5.82 Å². The van der Waals surface area contributed by atoms with Crippen molar-refractivity contribution in [2.45, 2.75) is 25.9 Å². The summed E-state index contributed by atoms with van der Waals surface area (Å²) in [6.07, 6.45) is -5.11. The van der Waals surface area contributed by atoms with Crippen LogP contribution in [0.25, 0.3) is 0 Å². The predicted molar refractivity (Wildman–Crippen MR) is 55.9 cm³/mol. The fraction of sp³-hybridized carbons (Fsp3) is 0.364. The van der Waals surface area contributed by atoms with Gasteiger partial charge in [-0.05, 0) is 23.6 Å². The number of benzene rings is 1. The second-order valence-corrected chi connectivity index (χ2v) is 4.25. The zero-order valence-corrected chi connectivity index (χ0v) is 9.79. The number of carbonyl (C=O) groups excluding carboxylic acids is 1. The molecule has 0 spiro atoms. The molecule has 0 unspecified atom stereocenters. The summed E-state index contributed by atoms with van der Waals surface area (Å²) in [5, 5.41) is -0.483. The second kappa shape index (κ2) is 4.64. The van der Waals surface area contributed by atoms with Gasteiger partial charge in [0.2, 0.25) is 0 Å². The van der Waals surface area contributed by atoms with Crippen molar-refractivity contribution >= 4 is 17.4 Å². The summed E-state index contributed by atoms with van der Waals surface area (Å²) in [6.45, 7) is 3.40. The standard InChI is InChI=1S/C11H9ClF4O/c1-5(2)6-3-7(9(13)8(12)4-6)10(17)11(14,15)16/h3-5H,1-2H3. The minimum absolute atomic E-state index is 0.159. The number of hydrogen-bond donors (Lipinski definition) is 0. The topological polar surface area (TPSA) is 17.1 Å². The second-order valence-electron chi connectivity index (χ2n) is 3.85. The Kier molecular flexibility index (Phi) is 3.81. The van der Waals surface area contributed by atoms with Crippen molar-refractivity contribution in [3.8, 4) is 0 Å². The quantitative estimate of drug-likeness (QED) is 0.576. The maximum atomic E-state index is 13.4. The van der Waals surface area contributed by atoms with Gasteiger partial charge in [0, 0.05) is 0 Å². The molecule has 0 bridgehead atoms. The highest BCUT2D eigenvalue weighted by atomic mass is 35.5. The SMILES string of the molecule is CC(C)c1cc(Cl)c(F)c(C(=O)C(F)(F)F)c1. The van der Waals surface area contributed by atoms with Gasteiger partial charge in [-0.25, -0.2) is 4.39 Å². The average molecular weight is 269 g/mol. The first kappa shape index (κ1) is 14.0. The molecule has 0 aliphatic carbocycles. The molecule has 6 heteroatoms. The molecular formula is C11H9ClF4O. The van der Waals surface area contributed by atoms with Crippen LogP contribution < -0.4 is 0 Å². The Morgan fingerprint density at radius 3 is 2.24 bits per heavy atom. The van der Waals surface area contributed by atoms with Gasteiger partial charge in [-0.1, -0.05) is 25.4 Å². The van der Waals surface area contributed by atoms with Crippen LogP contribution in [0.15, 0.2) is 12.1 Å². The zero-order chi connectivity index (χ0) is 13.4. The lowest BCUT2D eigenvalue weighted by Crippen LogP contribution is -2.24. The van der Waals surface area contributed by atoms with Crippen molar-refractivity contribution in [1.82, 2.24) is 0 Å². The summed E-state index contributed by atoms with van der Waals surface area (Å²) in [5.41, 5.74) is -0.655. The summed E-state index contributed by atoms with van der Waals surface area (Å²) in [7, 11) is 0. The number of halogens is 5. The molecule has 0 aliphatic heterocycles. The molecule has 0 aromatic heterocycles. The Hall–Kier alpha value is -1.10. The van der Waals surface area contributed by atoms with E-state index in [0.29, 0.717) is 5.56 Å². The van der Waals surface area contributed by atoms with Gasteiger partial charge in [0.25, 0.3) is 5.78 Å². The maximum Gasteiger partial charge on any atom is 0.454 e. The van der Waals surface area contributed by atoms with Gasteiger partial charge in [-0.15, -0.1) is 0 Å². The number of Topliss-reactive ketones (excluding diaryl/α,β-unsaturated/α-hetero) is 1. The fourth-order valence-electron chi connectivity index (χ4n) is 1.26. The van der Waals surface area contributed by atoms with E-state index < -0.39 is 28.4 Å². The number of ketones is 1. The van der Waals surface area contributed by atoms with Crippen LogP contribution in [0.4, 0.5) is 17.6 Å². The predicted octanol–water partition coefficient (Wildman–Crippen LogP) is 4.35. The van der Waals surface area contributed by atoms with Crippen LogP contribution in [0.2, 0.25) is 5.02 Å². The van der Waals surface area contributed by atoms with E-state index in [-0.39, 0.29) is 5.92 Å². The lowest BCUT2D eigenvalue weighted by molar-refractivity contribution is -0.0887. The minimum atomic E-state index is -5.11. The Morgan fingerprint density at radius 1 is 1.29 bits per heavy atom. The van der Waals surface area contributed by atoms with E-state index in [1.54, 1.807) is 13.8 Å². The Balaban J connectivity index is 3.38. The van der Waals surface area contributed by atoms with Gasteiger partial charge in [0.1, 0.15) is 0 Å². The summed E-state index contributed by atoms with van der Waals surface area (Å²) in [5.74, 6) is -3.72. The smallest absolute Gasteiger partial charge is 0.284 e. The molecular weight excluding hydrogens is 260 g/mol. The molecule has 0 atom stereocenters. The maximum absolute atomic E-state index is 13.4. The molecule has 1 nitrogen and oxygen atoms in total. The van der Waals surface area contributed by atoms with Crippen LogP contribution in [-0.2, 0) is 0 Å². The highest BCUT2D eigenvalue weighted by Gasteiger charge is 2.41. The molecule has 0 saturated heterocycles. The van der Waals surface area contributed by atoms with Crippen LogP contribution in [-0.4, -0.2) is 12.0 Å². The zero-order valence-electron chi connectivity index (χ0n) is 9.03. The number of rotatable bonds is 2. The highest BCUT2D eigenvalue weighted by molar-refractivity contribution is 6.31. The molecule has 0 amide bonds. The van der Waals surface area contributed by atoms with Crippen LogP contribution in [0.1, 0.15) is 35.7 Å². The van der Waals surface area contributed by atoms with Crippen molar-refractivity contribution < 1.29 is 22.4 Å². The molecule has 94 valence electrons. The summed E-state index contributed by atoms with van der Waals surface area (Å²) in [6, 6.07) is 2.11. The van der Waals surface area contributed by atoms with Crippen LogP contribution in [0.3, 0.4) is 0 Å². The van der Waals surface area contributed by atoms with E-state index in [9.17, 15) is 22.4 Å². The monoisotopic (exact) mass is 268 g/mol. The van der Waals surface area contributed by atoms with Crippen LogP contribution in [0, 0.1) is 5.82 Å². The Morgan fingerprint density at radius 2 is 1.82 bits per heavy atom. The molecule has 0 saturated carbocycles. The molecule has 1 aromatic carbocycles. The molecule has 17 heavy (non-hydrogen) atoms. The first-order valence-electron chi connectivity index (χ1n) is 4.75. The third-order valence-electron chi connectivity index (χ3n) is 2.22. The Bertz CT molecular complexity index is 452. The summed E-state index contributed by atoms with van der Waals surface area (Å²) < 4.78 is 50.0. The first-order valence-corrected chi connectivity index (χ1v) is 5.13. The van der Waals surface area contributed by atoms with Crippen LogP contribution >= 0.6 is 11.6 Å².